The van der Waals surface area contributed by atoms with E-state index in [4.69, 9.17) is 11.6 Å². The minimum Gasteiger partial charge on any atom is -0.255 e. The lowest BCUT2D eigenvalue weighted by atomic mass is 10.5. The Bertz CT molecular complexity index is 646. The van der Waals surface area contributed by atoms with Gasteiger partial charge in [0.1, 0.15) is 0 Å². The third-order valence-electron chi connectivity index (χ3n) is 2.16. The van der Waals surface area contributed by atoms with Gasteiger partial charge in [-0.05, 0) is 22.0 Å². The van der Waals surface area contributed by atoms with Crippen molar-refractivity contribution in [3.63, 3.8) is 0 Å². The van der Waals surface area contributed by atoms with Gasteiger partial charge in [0.2, 0.25) is 0 Å². The van der Waals surface area contributed by atoms with Gasteiger partial charge in [-0.1, -0.05) is 11.6 Å². The summed E-state index contributed by atoms with van der Waals surface area (Å²) in [5, 5.41) is 5.77. The fraction of sp³-hybridized carbons (Fsp3) is 0.222. The van der Waals surface area contributed by atoms with Crippen LogP contribution in [0, 0.1) is 0 Å². The van der Waals surface area contributed by atoms with Gasteiger partial charge in [-0.25, -0.2) is 13.1 Å². The van der Waals surface area contributed by atoms with Gasteiger partial charge in [0.05, 0.1) is 11.2 Å². The van der Waals surface area contributed by atoms with E-state index in [1.165, 1.54) is 29.3 Å². The molecule has 2 aromatic heterocycles. The summed E-state index contributed by atoms with van der Waals surface area (Å²) < 4.78 is 28.8. The summed E-state index contributed by atoms with van der Waals surface area (Å²) in [4.78, 5) is 0.906. The second-order valence-electron chi connectivity index (χ2n) is 3.48. The molecule has 2 rings (SSSR count). The number of nitrogens with one attached hydrogen (secondary N) is 1. The number of aryl methyl sites for hydroxylation is 1. The maximum atomic E-state index is 12.1. The second kappa shape index (κ2) is 5.30. The highest BCUT2D eigenvalue weighted by Crippen LogP contribution is 2.22. The Labute approximate surface area is 122 Å². The van der Waals surface area contributed by atoms with Gasteiger partial charge >= 0.3 is 0 Å². The number of hydrogen-bond acceptors (Lipinski definition) is 4. The van der Waals surface area contributed by atoms with Crippen molar-refractivity contribution < 1.29 is 8.42 Å². The summed E-state index contributed by atoms with van der Waals surface area (Å²) in [6, 6.07) is 1.86. The predicted octanol–water partition coefficient (Wildman–Crippen LogP) is 2.38. The van der Waals surface area contributed by atoms with Crippen molar-refractivity contribution in [3.8, 4) is 0 Å². The van der Waals surface area contributed by atoms with Gasteiger partial charge in [-0.3, -0.25) is 4.68 Å². The lowest BCUT2D eigenvalue weighted by Gasteiger charge is -2.06. The van der Waals surface area contributed by atoms with E-state index in [9.17, 15) is 8.42 Å². The van der Waals surface area contributed by atoms with Gasteiger partial charge in [0, 0.05) is 28.3 Å². The van der Waals surface area contributed by atoms with Crippen LogP contribution in [0.3, 0.4) is 0 Å². The van der Waals surface area contributed by atoms with E-state index in [1.807, 2.05) is 11.4 Å². The molecule has 2 aromatic rings. The van der Waals surface area contributed by atoms with E-state index in [0.717, 1.165) is 9.35 Å². The molecule has 0 radical (unpaired) electrons. The summed E-state index contributed by atoms with van der Waals surface area (Å²) in [5.41, 5.74) is 0. The first-order chi connectivity index (χ1) is 8.40. The fourth-order valence-electron chi connectivity index (χ4n) is 1.38. The maximum absolute atomic E-state index is 12.1. The van der Waals surface area contributed by atoms with Crippen LogP contribution in [0.1, 0.15) is 4.88 Å². The molecule has 0 bridgehead atoms. The number of hydrogen-bond donors (Lipinski definition) is 1. The maximum Gasteiger partial charge on any atom is 0.259 e. The highest BCUT2D eigenvalue weighted by Gasteiger charge is 2.22. The number of sulfonamides is 1. The number of nitrogens with zero attached hydrogens (tertiary/aromatic N) is 2. The molecular formula is C9H9BrClN3O2S2. The molecule has 0 atom stereocenters. The third-order valence-corrected chi connectivity index (χ3v) is 5.76. The SMILES string of the molecule is Cn1ncc(Cl)c1S(=O)(=O)NCc1cc(Br)cs1. The molecule has 0 saturated heterocycles. The highest BCUT2D eigenvalue weighted by atomic mass is 79.9. The summed E-state index contributed by atoms with van der Waals surface area (Å²) in [6.45, 7) is 0.222. The Balaban J connectivity index is 2.18. The molecule has 1 N–H and O–H groups in total. The van der Waals surface area contributed by atoms with E-state index in [2.05, 4.69) is 25.8 Å². The number of aromatic nitrogens is 2. The molecule has 0 aromatic carbocycles. The lowest BCUT2D eigenvalue weighted by molar-refractivity contribution is 0.563. The van der Waals surface area contributed by atoms with Crippen molar-refractivity contribution in [2.75, 3.05) is 0 Å². The minimum absolute atomic E-state index is 0.0280. The van der Waals surface area contributed by atoms with E-state index >= 15 is 0 Å². The number of rotatable bonds is 4. The number of halogens is 2. The summed E-state index contributed by atoms with van der Waals surface area (Å²) in [6.07, 6.45) is 1.30. The Morgan fingerprint density at radius 2 is 2.33 bits per heavy atom. The molecular weight excluding hydrogens is 362 g/mol. The molecule has 0 aliphatic carbocycles. The molecule has 0 fully saturated rings. The predicted molar refractivity (Wildman–Crippen MR) is 74.3 cm³/mol. The molecule has 0 unspecified atom stereocenters. The molecule has 0 spiro atoms. The molecule has 9 heteroatoms. The normalized spacial score (nSPS) is 11.9. The Hall–Kier alpha value is -0.410. The summed E-state index contributed by atoms with van der Waals surface area (Å²) in [7, 11) is -2.13. The standard InChI is InChI=1S/C9H9BrClN3O2S2/c1-14-9(8(11)4-12-14)18(15,16)13-3-7-2-6(10)5-17-7/h2,4-5,13H,3H2,1H3. The van der Waals surface area contributed by atoms with Crippen molar-refractivity contribution in [2.45, 2.75) is 11.6 Å². The van der Waals surface area contributed by atoms with Gasteiger partial charge in [-0.2, -0.15) is 5.10 Å². The molecule has 0 aliphatic rings. The van der Waals surface area contributed by atoms with Crippen LogP contribution in [0.2, 0.25) is 5.02 Å². The molecule has 18 heavy (non-hydrogen) atoms. The zero-order chi connectivity index (χ0) is 13.3. The molecule has 0 amide bonds. The van der Waals surface area contributed by atoms with Crippen LogP contribution in [0.5, 0.6) is 0 Å². The van der Waals surface area contributed by atoms with Crippen molar-refractivity contribution in [1.29, 1.82) is 0 Å². The van der Waals surface area contributed by atoms with Crippen LogP contribution in [0.15, 0.2) is 27.1 Å². The van der Waals surface area contributed by atoms with Gasteiger partial charge in [0.15, 0.2) is 5.03 Å². The Morgan fingerprint density at radius 1 is 1.61 bits per heavy atom. The first-order valence-electron chi connectivity index (χ1n) is 4.80. The first-order valence-corrected chi connectivity index (χ1v) is 8.33. The Morgan fingerprint density at radius 3 is 2.83 bits per heavy atom. The monoisotopic (exact) mass is 369 g/mol. The van der Waals surface area contributed by atoms with Crippen molar-refractivity contribution in [2.24, 2.45) is 7.05 Å². The van der Waals surface area contributed by atoms with Crippen molar-refractivity contribution in [3.05, 3.63) is 32.0 Å². The van der Waals surface area contributed by atoms with Crippen LogP contribution in [-0.4, -0.2) is 18.2 Å². The zero-order valence-corrected chi connectivity index (χ0v) is 13.2. The second-order valence-corrected chi connectivity index (χ2v) is 7.48. The molecule has 98 valence electrons. The van der Waals surface area contributed by atoms with E-state index in [1.54, 1.807) is 0 Å². The van der Waals surface area contributed by atoms with Crippen LogP contribution >= 0.6 is 38.9 Å². The zero-order valence-electron chi connectivity index (χ0n) is 9.22. The largest absolute Gasteiger partial charge is 0.259 e. The van der Waals surface area contributed by atoms with Gasteiger partial charge in [0.25, 0.3) is 10.0 Å². The minimum atomic E-state index is -3.66. The van der Waals surface area contributed by atoms with E-state index in [0.29, 0.717) is 0 Å². The summed E-state index contributed by atoms with van der Waals surface area (Å²) in [5.74, 6) is 0. The first kappa shape index (κ1) is 14.0. The average Bonchev–Trinajstić information content (AvgIpc) is 2.83. The smallest absolute Gasteiger partial charge is 0.255 e. The van der Waals surface area contributed by atoms with Crippen molar-refractivity contribution >= 4 is 48.9 Å². The fourth-order valence-corrected chi connectivity index (χ4v) is 4.52. The molecule has 0 saturated carbocycles. The quantitative estimate of drug-likeness (QED) is 0.898. The Kier molecular flexibility index (Phi) is 4.12. The molecule has 0 aliphatic heterocycles. The van der Waals surface area contributed by atoms with Crippen LogP contribution in [-0.2, 0) is 23.6 Å². The van der Waals surface area contributed by atoms with Crippen molar-refractivity contribution in [1.82, 2.24) is 14.5 Å². The van der Waals surface area contributed by atoms with Crippen LogP contribution in [0.25, 0.3) is 0 Å². The van der Waals surface area contributed by atoms with Gasteiger partial charge < -0.3 is 0 Å². The molecule has 5 nitrogen and oxygen atoms in total. The highest BCUT2D eigenvalue weighted by molar-refractivity contribution is 9.10. The summed E-state index contributed by atoms with van der Waals surface area (Å²) >= 11 is 10.6. The molecule has 2 heterocycles. The lowest BCUT2D eigenvalue weighted by Crippen LogP contribution is -2.25. The van der Waals surface area contributed by atoms with Gasteiger partial charge in [-0.15, -0.1) is 11.3 Å². The van der Waals surface area contributed by atoms with E-state index in [-0.39, 0.29) is 16.6 Å². The third kappa shape index (κ3) is 2.94. The van der Waals surface area contributed by atoms with E-state index < -0.39 is 10.0 Å². The average molecular weight is 371 g/mol. The number of thiophene rings is 1. The topological polar surface area (TPSA) is 64.0 Å². The van der Waals surface area contributed by atoms with Crippen LogP contribution in [0.4, 0.5) is 0 Å². The van der Waals surface area contributed by atoms with Crippen LogP contribution < -0.4 is 4.72 Å².